The summed E-state index contributed by atoms with van der Waals surface area (Å²) in [6.07, 6.45) is 0.905. The van der Waals surface area contributed by atoms with E-state index in [1.54, 1.807) is 25.3 Å². The number of carbonyl (C=O) groups excluding carboxylic acids is 1. The fraction of sp³-hybridized carbons (Fsp3) is 0.250. The number of ether oxygens (including phenoxy) is 2. The molecule has 0 aliphatic rings. The zero-order valence-electron chi connectivity index (χ0n) is 15.4. The SMILES string of the molecule is CCC(c1ccccc1)c1nnc(NC(=O)c2ccc(OC)c(OC)c2)s1. The van der Waals surface area contributed by atoms with E-state index in [4.69, 9.17) is 9.47 Å². The predicted molar refractivity (Wildman–Crippen MR) is 106 cm³/mol. The number of hydrogen-bond acceptors (Lipinski definition) is 6. The molecule has 6 nitrogen and oxygen atoms in total. The van der Waals surface area contributed by atoms with E-state index in [-0.39, 0.29) is 11.8 Å². The van der Waals surface area contributed by atoms with E-state index in [0.29, 0.717) is 22.2 Å². The molecule has 1 unspecified atom stereocenters. The first-order valence-corrected chi connectivity index (χ1v) is 9.39. The Kier molecular flexibility index (Phi) is 6.03. The molecule has 0 fully saturated rings. The van der Waals surface area contributed by atoms with Crippen molar-refractivity contribution in [1.29, 1.82) is 0 Å². The third-order valence-electron chi connectivity index (χ3n) is 4.22. The lowest BCUT2D eigenvalue weighted by Crippen LogP contribution is -2.12. The Morgan fingerprint density at radius 1 is 1.07 bits per heavy atom. The van der Waals surface area contributed by atoms with Crippen LogP contribution in [-0.4, -0.2) is 30.3 Å². The molecule has 1 atom stereocenters. The summed E-state index contributed by atoms with van der Waals surface area (Å²) >= 11 is 1.39. The zero-order valence-corrected chi connectivity index (χ0v) is 16.2. The summed E-state index contributed by atoms with van der Waals surface area (Å²) < 4.78 is 10.4. The highest BCUT2D eigenvalue weighted by molar-refractivity contribution is 7.15. The van der Waals surface area contributed by atoms with E-state index in [1.165, 1.54) is 24.0 Å². The molecule has 1 N–H and O–H groups in total. The number of carbonyl (C=O) groups is 1. The van der Waals surface area contributed by atoms with Crippen LogP contribution in [0.4, 0.5) is 5.13 Å². The van der Waals surface area contributed by atoms with Gasteiger partial charge in [0, 0.05) is 11.5 Å². The van der Waals surface area contributed by atoms with Gasteiger partial charge in [0.25, 0.3) is 5.91 Å². The fourth-order valence-electron chi connectivity index (χ4n) is 2.81. The molecular weight excluding hydrogens is 362 g/mol. The highest BCUT2D eigenvalue weighted by Crippen LogP contribution is 2.32. The van der Waals surface area contributed by atoms with Gasteiger partial charge in [0.05, 0.1) is 14.2 Å². The topological polar surface area (TPSA) is 73.3 Å². The van der Waals surface area contributed by atoms with E-state index in [1.807, 2.05) is 18.2 Å². The van der Waals surface area contributed by atoms with Crippen molar-refractivity contribution in [2.75, 3.05) is 19.5 Å². The van der Waals surface area contributed by atoms with Crippen LogP contribution in [0.2, 0.25) is 0 Å². The van der Waals surface area contributed by atoms with Gasteiger partial charge in [-0.3, -0.25) is 10.1 Å². The first-order valence-electron chi connectivity index (χ1n) is 8.58. The summed E-state index contributed by atoms with van der Waals surface area (Å²) in [7, 11) is 3.09. The standard InChI is InChI=1S/C20H21N3O3S/c1-4-15(13-8-6-5-7-9-13)19-22-23-20(27-19)21-18(24)14-10-11-16(25-2)17(12-14)26-3/h5-12,15H,4H2,1-3H3,(H,21,23,24). The van der Waals surface area contributed by atoms with E-state index in [9.17, 15) is 4.79 Å². The normalized spacial score (nSPS) is 11.7. The number of nitrogens with one attached hydrogen (secondary N) is 1. The second-order valence-electron chi connectivity index (χ2n) is 5.84. The molecule has 3 aromatic rings. The maximum atomic E-state index is 12.5. The Morgan fingerprint density at radius 2 is 1.81 bits per heavy atom. The molecule has 27 heavy (non-hydrogen) atoms. The zero-order chi connectivity index (χ0) is 19.2. The van der Waals surface area contributed by atoms with Crippen LogP contribution in [0, 0.1) is 0 Å². The van der Waals surface area contributed by atoms with Gasteiger partial charge in [-0.1, -0.05) is 48.6 Å². The molecule has 140 valence electrons. The van der Waals surface area contributed by atoms with Crippen LogP contribution in [0.3, 0.4) is 0 Å². The van der Waals surface area contributed by atoms with Crippen LogP contribution in [0.15, 0.2) is 48.5 Å². The Balaban J connectivity index is 1.76. The Hall–Kier alpha value is -2.93. The molecule has 0 aliphatic heterocycles. The van der Waals surface area contributed by atoms with Gasteiger partial charge in [0.15, 0.2) is 11.5 Å². The van der Waals surface area contributed by atoms with Crippen molar-refractivity contribution >= 4 is 22.4 Å². The van der Waals surface area contributed by atoms with E-state index >= 15 is 0 Å². The summed E-state index contributed by atoms with van der Waals surface area (Å²) in [5, 5.41) is 12.6. The number of hydrogen-bond donors (Lipinski definition) is 1. The second-order valence-corrected chi connectivity index (χ2v) is 6.85. The van der Waals surface area contributed by atoms with Gasteiger partial charge < -0.3 is 9.47 Å². The van der Waals surface area contributed by atoms with Crippen LogP contribution >= 0.6 is 11.3 Å². The first kappa shape index (κ1) is 18.8. The van der Waals surface area contributed by atoms with Gasteiger partial charge in [-0.15, -0.1) is 10.2 Å². The minimum Gasteiger partial charge on any atom is -0.493 e. The number of rotatable bonds is 7. The van der Waals surface area contributed by atoms with Crippen LogP contribution in [0.25, 0.3) is 0 Å². The van der Waals surface area contributed by atoms with Crippen LogP contribution in [-0.2, 0) is 0 Å². The van der Waals surface area contributed by atoms with Crippen molar-refractivity contribution < 1.29 is 14.3 Å². The molecule has 0 spiro atoms. The average Bonchev–Trinajstić information content (AvgIpc) is 3.16. The monoisotopic (exact) mass is 383 g/mol. The Bertz CT molecular complexity index is 912. The molecule has 0 radical (unpaired) electrons. The van der Waals surface area contributed by atoms with Gasteiger partial charge >= 0.3 is 0 Å². The minimum atomic E-state index is -0.272. The number of benzene rings is 2. The lowest BCUT2D eigenvalue weighted by Gasteiger charge is -2.11. The fourth-order valence-corrected chi connectivity index (χ4v) is 3.76. The first-order chi connectivity index (χ1) is 13.2. The third kappa shape index (κ3) is 4.25. The van der Waals surface area contributed by atoms with Crippen molar-refractivity contribution in [3.63, 3.8) is 0 Å². The van der Waals surface area contributed by atoms with Crippen molar-refractivity contribution in [3.8, 4) is 11.5 Å². The molecule has 0 bridgehead atoms. The average molecular weight is 383 g/mol. The number of nitrogens with zero attached hydrogens (tertiary/aromatic N) is 2. The third-order valence-corrected chi connectivity index (χ3v) is 5.17. The highest BCUT2D eigenvalue weighted by Gasteiger charge is 2.19. The molecule has 3 rings (SSSR count). The predicted octanol–water partition coefficient (Wildman–Crippen LogP) is 4.35. The quantitative estimate of drug-likeness (QED) is 0.657. The summed E-state index contributed by atoms with van der Waals surface area (Å²) in [4.78, 5) is 12.5. The number of methoxy groups -OCH3 is 2. The van der Waals surface area contributed by atoms with Crippen molar-refractivity contribution in [3.05, 3.63) is 64.7 Å². The summed E-state index contributed by atoms with van der Waals surface area (Å²) in [5.74, 6) is 0.959. The molecule has 1 heterocycles. The molecule has 1 aromatic heterocycles. The lowest BCUT2D eigenvalue weighted by molar-refractivity contribution is 0.102. The van der Waals surface area contributed by atoms with Gasteiger partial charge in [-0.05, 0) is 30.2 Å². The molecule has 2 aromatic carbocycles. The number of aromatic nitrogens is 2. The highest BCUT2D eigenvalue weighted by atomic mass is 32.1. The number of amides is 1. The summed E-state index contributed by atoms with van der Waals surface area (Å²) in [6.45, 7) is 2.11. The Labute approximate surface area is 162 Å². The molecule has 0 aliphatic carbocycles. The smallest absolute Gasteiger partial charge is 0.257 e. The minimum absolute atomic E-state index is 0.162. The van der Waals surface area contributed by atoms with E-state index in [0.717, 1.165) is 11.4 Å². The van der Waals surface area contributed by atoms with Crippen LogP contribution in [0.1, 0.15) is 40.2 Å². The van der Waals surface area contributed by atoms with Gasteiger partial charge in [-0.25, -0.2) is 0 Å². The summed E-state index contributed by atoms with van der Waals surface area (Å²) in [5.41, 5.74) is 1.65. The van der Waals surface area contributed by atoms with Gasteiger partial charge in [-0.2, -0.15) is 0 Å². The van der Waals surface area contributed by atoms with Crippen molar-refractivity contribution in [2.24, 2.45) is 0 Å². The van der Waals surface area contributed by atoms with Crippen LogP contribution in [0.5, 0.6) is 11.5 Å². The van der Waals surface area contributed by atoms with E-state index in [2.05, 4.69) is 34.6 Å². The molecule has 0 saturated carbocycles. The van der Waals surface area contributed by atoms with Gasteiger partial charge in [0.1, 0.15) is 5.01 Å². The molecule has 7 heteroatoms. The maximum absolute atomic E-state index is 12.5. The van der Waals surface area contributed by atoms with Crippen molar-refractivity contribution in [2.45, 2.75) is 19.3 Å². The Morgan fingerprint density at radius 3 is 2.48 bits per heavy atom. The second kappa shape index (κ2) is 8.64. The van der Waals surface area contributed by atoms with Crippen LogP contribution < -0.4 is 14.8 Å². The molecular formula is C20H21N3O3S. The molecule has 0 saturated heterocycles. The largest absolute Gasteiger partial charge is 0.493 e. The lowest BCUT2D eigenvalue weighted by atomic mass is 9.97. The van der Waals surface area contributed by atoms with Gasteiger partial charge in [0.2, 0.25) is 5.13 Å². The maximum Gasteiger partial charge on any atom is 0.257 e. The summed E-state index contributed by atoms with van der Waals surface area (Å²) in [6, 6.07) is 15.2. The number of anilines is 1. The molecule has 1 amide bonds. The van der Waals surface area contributed by atoms with Crippen molar-refractivity contribution in [1.82, 2.24) is 10.2 Å². The van der Waals surface area contributed by atoms with E-state index < -0.39 is 0 Å².